The van der Waals surface area contributed by atoms with E-state index in [1.165, 1.54) is 11.3 Å². The first-order valence-corrected chi connectivity index (χ1v) is 13.0. The molecule has 35 heavy (non-hydrogen) atoms. The van der Waals surface area contributed by atoms with Gasteiger partial charge in [-0.25, -0.2) is 4.98 Å². The van der Waals surface area contributed by atoms with Crippen molar-refractivity contribution in [2.24, 2.45) is 5.92 Å². The molecule has 0 saturated carbocycles. The molecule has 0 aliphatic carbocycles. The van der Waals surface area contributed by atoms with E-state index in [4.69, 9.17) is 0 Å². The molecule has 8 heteroatoms. The van der Waals surface area contributed by atoms with Crippen LogP contribution in [0.15, 0.2) is 54.7 Å². The van der Waals surface area contributed by atoms with E-state index in [9.17, 15) is 9.59 Å². The Morgan fingerprint density at radius 2 is 1.94 bits per heavy atom. The number of hydrogen-bond acceptors (Lipinski definition) is 6. The lowest BCUT2D eigenvalue weighted by molar-refractivity contribution is -0.138. The smallest absolute Gasteiger partial charge is 0.240 e. The molecule has 1 unspecified atom stereocenters. The monoisotopic (exact) mass is 491 g/mol. The highest BCUT2D eigenvalue weighted by atomic mass is 32.1. The summed E-state index contributed by atoms with van der Waals surface area (Å²) in [6.07, 6.45) is 4.25. The van der Waals surface area contributed by atoms with Crippen molar-refractivity contribution in [2.45, 2.75) is 39.7 Å². The SMILES string of the molecule is Cc1nc(NC(=O)CN2CCCC(C(=O)N(CCc3ccccn3)Cc3ccccc3)C2)sc1C. The van der Waals surface area contributed by atoms with Crippen LogP contribution in [0.2, 0.25) is 0 Å². The summed E-state index contributed by atoms with van der Waals surface area (Å²) in [6.45, 7) is 6.82. The van der Waals surface area contributed by atoms with Crippen LogP contribution < -0.4 is 5.32 Å². The van der Waals surface area contributed by atoms with E-state index >= 15 is 0 Å². The molecule has 3 aromatic rings. The summed E-state index contributed by atoms with van der Waals surface area (Å²) >= 11 is 1.49. The highest BCUT2D eigenvalue weighted by Gasteiger charge is 2.30. The quantitative estimate of drug-likeness (QED) is 0.488. The number of piperidine rings is 1. The molecule has 184 valence electrons. The number of benzene rings is 1. The van der Waals surface area contributed by atoms with Gasteiger partial charge < -0.3 is 10.2 Å². The second-order valence-electron chi connectivity index (χ2n) is 9.10. The Hall–Kier alpha value is -3.10. The lowest BCUT2D eigenvalue weighted by Crippen LogP contribution is -2.47. The summed E-state index contributed by atoms with van der Waals surface area (Å²) in [5.41, 5.74) is 3.04. The number of likely N-dealkylation sites (tertiary alicyclic amines) is 1. The van der Waals surface area contributed by atoms with Crippen LogP contribution >= 0.6 is 11.3 Å². The summed E-state index contributed by atoms with van der Waals surface area (Å²) in [7, 11) is 0. The van der Waals surface area contributed by atoms with E-state index in [1.807, 2.05) is 55.1 Å². The molecule has 3 heterocycles. The van der Waals surface area contributed by atoms with Gasteiger partial charge >= 0.3 is 0 Å². The minimum Gasteiger partial charge on any atom is -0.338 e. The zero-order valence-electron chi connectivity index (χ0n) is 20.4. The third kappa shape index (κ3) is 7.19. The van der Waals surface area contributed by atoms with Crippen molar-refractivity contribution in [1.29, 1.82) is 0 Å². The Bertz CT molecular complexity index is 1100. The molecule has 1 aromatic carbocycles. The molecule has 1 aliphatic heterocycles. The van der Waals surface area contributed by atoms with Gasteiger partial charge in [-0.2, -0.15) is 0 Å². The molecule has 1 N–H and O–H groups in total. The van der Waals surface area contributed by atoms with E-state index in [-0.39, 0.29) is 24.3 Å². The van der Waals surface area contributed by atoms with E-state index in [2.05, 4.69) is 32.3 Å². The van der Waals surface area contributed by atoms with Crippen LogP contribution in [0.4, 0.5) is 5.13 Å². The van der Waals surface area contributed by atoms with Gasteiger partial charge in [0.1, 0.15) is 0 Å². The van der Waals surface area contributed by atoms with Crippen LogP contribution in [-0.4, -0.2) is 57.8 Å². The van der Waals surface area contributed by atoms with Gasteiger partial charge in [0.05, 0.1) is 18.2 Å². The molecule has 1 aliphatic rings. The number of carbonyl (C=O) groups is 2. The number of carbonyl (C=O) groups excluding carboxylic acids is 2. The molecule has 1 saturated heterocycles. The van der Waals surface area contributed by atoms with Gasteiger partial charge in [0.2, 0.25) is 11.8 Å². The van der Waals surface area contributed by atoms with Crippen molar-refractivity contribution in [3.05, 3.63) is 76.6 Å². The number of thiazole rings is 1. The molecule has 0 bridgehead atoms. The summed E-state index contributed by atoms with van der Waals surface area (Å²) in [6, 6.07) is 16.0. The first-order valence-electron chi connectivity index (χ1n) is 12.2. The third-order valence-electron chi connectivity index (χ3n) is 6.39. The Kier molecular flexibility index (Phi) is 8.60. The number of amides is 2. The summed E-state index contributed by atoms with van der Waals surface area (Å²) in [5, 5.41) is 3.55. The molecule has 1 atom stereocenters. The fourth-order valence-electron chi connectivity index (χ4n) is 4.41. The number of rotatable bonds is 9. The predicted molar refractivity (Wildman–Crippen MR) is 139 cm³/mol. The fourth-order valence-corrected chi connectivity index (χ4v) is 5.24. The maximum Gasteiger partial charge on any atom is 0.240 e. The number of anilines is 1. The van der Waals surface area contributed by atoms with Crippen molar-refractivity contribution in [1.82, 2.24) is 19.8 Å². The molecule has 4 rings (SSSR count). The van der Waals surface area contributed by atoms with Gasteiger partial charge in [0.25, 0.3) is 0 Å². The molecular formula is C27H33N5O2S. The normalized spacial score (nSPS) is 16.1. The van der Waals surface area contributed by atoms with Gasteiger partial charge in [-0.15, -0.1) is 11.3 Å². The molecular weight excluding hydrogens is 458 g/mol. The van der Waals surface area contributed by atoms with Crippen LogP contribution in [0.5, 0.6) is 0 Å². The third-order valence-corrected chi connectivity index (χ3v) is 7.38. The number of nitrogens with zero attached hydrogens (tertiary/aromatic N) is 4. The minimum absolute atomic E-state index is 0.0804. The standard InChI is InChI=1S/C27H33N5O2S/c1-20-21(2)35-27(29-20)30-25(33)19-31-15-8-11-23(18-31)26(34)32(17-22-9-4-3-5-10-22)16-13-24-12-6-7-14-28-24/h3-7,9-10,12,14,23H,8,11,13,15-19H2,1-2H3,(H,29,30,33). The summed E-state index contributed by atoms with van der Waals surface area (Å²) in [5.74, 6) is -0.0439. The predicted octanol–water partition coefficient (Wildman–Crippen LogP) is 4.08. The Morgan fingerprint density at radius 3 is 2.66 bits per heavy atom. The zero-order chi connectivity index (χ0) is 24.6. The van der Waals surface area contributed by atoms with Gasteiger partial charge in [-0.1, -0.05) is 36.4 Å². The van der Waals surface area contributed by atoms with Crippen molar-refractivity contribution in [2.75, 3.05) is 31.5 Å². The first-order chi connectivity index (χ1) is 17.0. The Labute approximate surface area is 211 Å². The molecule has 0 spiro atoms. The second-order valence-corrected chi connectivity index (χ2v) is 10.3. The van der Waals surface area contributed by atoms with Gasteiger partial charge in [-0.05, 0) is 50.9 Å². The minimum atomic E-state index is -0.117. The number of aromatic nitrogens is 2. The maximum absolute atomic E-state index is 13.7. The average molecular weight is 492 g/mol. The van der Waals surface area contributed by atoms with Crippen molar-refractivity contribution in [3.8, 4) is 0 Å². The molecule has 7 nitrogen and oxygen atoms in total. The molecule has 1 fully saturated rings. The summed E-state index contributed by atoms with van der Waals surface area (Å²) < 4.78 is 0. The Morgan fingerprint density at radius 1 is 1.14 bits per heavy atom. The average Bonchev–Trinajstić information content (AvgIpc) is 3.18. The number of hydrogen-bond donors (Lipinski definition) is 1. The lowest BCUT2D eigenvalue weighted by Gasteiger charge is -2.34. The molecule has 0 radical (unpaired) electrons. The lowest BCUT2D eigenvalue weighted by atomic mass is 9.96. The van der Waals surface area contributed by atoms with Gasteiger partial charge in [-0.3, -0.25) is 19.5 Å². The Balaban J connectivity index is 1.38. The van der Waals surface area contributed by atoms with Crippen LogP contribution in [0.1, 0.15) is 34.7 Å². The van der Waals surface area contributed by atoms with Gasteiger partial charge in [0.15, 0.2) is 5.13 Å². The maximum atomic E-state index is 13.7. The number of pyridine rings is 1. The summed E-state index contributed by atoms with van der Waals surface area (Å²) in [4.78, 5) is 40.3. The number of nitrogens with one attached hydrogen (secondary N) is 1. The van der Waals surface area contributed by atoms with Gasteiger partial charge in [0, 0.05) is 42.8 Å². The van der Waals surface area contributed by atoms with E-state index in [0.29, 0.717) is 31.2 Å². The van der Waals surface area contributed by atoms with Crippen LogP contribution in [0.25, 0.3) is 0 Å². The van der Waals surface area contributed by atoms with Crippen LogP contribution in [-0.2, 0) is 22.6 Å². The van der Waals surface area contributed by atoms with E-state index in [1.54, 1.807) is 6.20 Å². The van der Waals surface area contributed by atoms with Crippen LogP contribution in [0.3, 0.4) is 0 Å². The van der Waals surface area contributed by atoms with Crippen molar-refractivity contribution < 1.29 is 9.59 Å². The highest BCUT2D eigenvalue weighted by molar-refractivity contribution is 7.15. The number of aryl methyl sites for hydroxylation is 2. The van der Waals surface area contributed by atoms with E-state index in [0.717, 1.165) is 41.2 Å². The molecule has 2 amide bonds. The zero-order valence-corrected chi connectivity index (χ0v) is 21.3. The largest absolute Gasteiger partial charge is 0.338 e. The van der Waals surface area contributed by atoms with E-state index < -0.39 is 0 Å². The van der Waals surface area contributed by atoms with Crippen molar-refractivity contribution in [3.63, 3.8) is 0 Å². The first kappa shape index (κ1) is 25.0. The fraction of sp³-hybridized carbons (Fsp3) is 0.407. The van der Waals surface area contributed by atoms with Crippen LogP contribution in [0, 0.1) is 19.8 Å². The molecule has 2 aromatic heterocycles. The second kappa shape index (κ2) is 12.0. The van der Waals surface area contributed by atoms with Crippen molar-refractivity contribution >= 4 is 28.3 Å². The topological polar surface area (TPSA) is 78.4 Å². The highest BCUT2D eigenvalue weighted by Crippen LogP contribution is 2.23.